The minimum absolute atomic E-state index is 0.264. The summed E-state index contributed by atoms with van der Waals surface area (Å²) in [5.41, 5.74) is 2.44. The van der Waals surface area contributed by atoms with Gasteiger partial charge >= 0.3 is 0 Å². The van der Waals surface area contributed by atoms with Crippen molar-refractivity contribution in [2.45, 2.75) is 5.88 Å². The first-order chi connectivity index (χ1) is 10.1. The number of alkyl halides is 1. The maximum atomic E-state index is 6.31. The Morgan fingerprint density at radius 1 is 1.14 bits per heavy atom. The Kier molecular flexibility index (Phi) is 3.98. The van der Waals surface area contributed by atoms with Crippen molar-refractivity contribution in [2.24, 2.45) is 0 Å². The van der Waals surface area contributed by atoms with Crippen LogP contribution in [0.4, 0.5) is 0 Å². The molecule has 0 fully saturated rings. The van der Waals surface area contributed by atoms with Gasteiger partial charge in [0.1, 0.15) is 11.6 Å². The normalized spacial score (nSPS) is 11.0. The van der Waals surface area contributed by atoms with E-state index in [1.807, 2.05) is 22.8 Å². The predicted molar refractivity (Wildman–Crippen MR) is 87.2 cm³/mol. The van der Waals surface area contributed by atoms with Crippen molar-refractivity contribution in [1.82, 2.24) is 9.55 Å². The molecule has 0 atom stereocenters. The molecule has 0 radical (unpaired) electrons. The highest BCUT2D eigenvalue weighted by molar-refractivity contribution is 6.34. The van der Waals surface area contributed by atoms with Crippen LogP contribution in [0.5, 0.6) is 5.75 Å². The Morgan fingerprint density at radius 3 is 2.67 bits per heavy atom. The van der Waals surface area contributed by atoms with Crippen LogP contribution in [0.25, 0.3) is 16.7 Å². The van der Waals surface area contributed by atoms with Crippen LogP contribution in [-0.2, 0) is 5.88 Å². The molecular weight excluding hydrogens is 331 g/mol. The number of halogens is 3. The third-order valence-electron chi connectivity index (χ3n) is 3.20. The zero-order chi connectivity index (χ0) is 15.0. The van der Waals surface area contributed by atoms with E-state index < -0.39 is 0 Å². The lowest BCUT2D eigenvalue weighted by molar-refractivity contribution is 0.415. The van der Waals surface area contributed by atoms with E-state index in [1.165, 1.54) is 0 Å². The van der Waals surface area contributed by atoms with E-state index in [4.69, 9.17) is 39.5 Å². The molecule has 3 nitrogen and oxygen atoms in total. The largest absolute Gasteiger partial charge is 0.497 e. The fourth-order valence-electron chi connectivity index (χ4n) is 2.25. The summed E-state index contributed by atoms with van der Waals surface area (Å²) < 4.78 is 7.18. The van der Waals surface area contributed by atoms with Gasteiger partial charge in [-0.3, -0.25) is 4.57 Å². The highest BCUT2D eigenvalue weighted by Gasteiger charge is 2.15. The molecule has 0 unspecified atom stereocenters. The average Bonchev–Trinajstić information content (AvgIpc) is 2.87. The Hall–Kier alpha value is -1.42. The molecule has 0 aliphatic carbocycles. The number of hydrogen-bond acceptors (Lipinski definition) is 2. The fraction of sp³-hybridized carbons (Fsp3) is 0.133. The Balaban J connectivity index is 2.36. The van der Waals surface area contributed by atoms with Crippen molar-refractivity contribution in [2.75, 3.05) is 7.11 Å². The number of hydrogen-bond donors (Lipinski definition) is 0. The van der Waals surface area contributed by atoms with E-state index in [0.717, 1.165) is 22.5 Å². The van der Waals surface area contributed by atoms with Crippen LogP contribution in [0.2, 0.25) is 10.0 Å². The topological polar surface area (TPSA) is 27.1 Å². The zero-order valence-corrected chi connectivity index (χ0v) is 13.4. The lowest BCUT2D eigenvalue weighted by Crippen LogP contribution is -2.00. The van der Waals surface area contributed by atoms with Gasteiger partial charge in [-0.2, -0.15) is 0 Å². The smallest absolute Gasteiger partial charge is 0.129 e. The van der Waals surface area contributed by atoms with E-state index in [9.17, 15) is 0 Å². The molecule has 6 heteroatoms. The van der Waals surface area contributed by atoms with Gasteiger partial charge in [-0.15, -0.1) is 11.6 Å². The molecule has 0 bridgehead atoms. The van der Waals surface area contributed by atoms with Gasteiger partial charge in [0.25, 0.3) is 0 Å². The molecule has 1 aromatic heterocycles. The van der Waals surface area contributed by atoms with Crippen LogP contribution in [-0.4, -0.2) is 16.7 Å². The van der Waals surface area contributed by atoms with E-state index >= 15 is 0 Å². The van der Waals surface area contributed by atoms with Gasteiger partial charge in [-0.25, -0.2) is 4.98 Å². The second-order valence-corrected chi connectivity index (χ2v) is 5.56. The molecular formula is C15H11Cl3N2O. The summed E-state index contributed by atoms with van der Waals surface area (Å²) in [5, 5.41) is 1.17. The van der Waals surface area contributed by atoms with Gasteiger partial charge in [-0.05, 0) is 30.3 Å². The first-order valence-corrected chi connectivity index (χ1v) is 7.50. The molecule has 0 spiro atoms. The quantitative estimate of drug-likeness (QED) is 0.621. The Morgan fingerprint density at radius 2 is 1.95 bits per heavy atom. The van der Waals surface area contributed by atoms with Crippen molar-refractivity contribution in [1.29, 1.82) is 0 Å². The monoisotopic (exact) mass is 340 g/mol. The minimum atomic E-state index is 0.264. The molecule has 0 amide bonds. The van der Waals surface area contributed by atoms with Gasteiger partial charge < -0.3 is 4.74 Å². The molecule has 0 N–H and O–H groups in total. The maximum Gasteiger partial charge on any atom is 0.129 e. The predicted octanol–water partition coefficient (Wildman–Crippen LogP) is 5.08. The first-order valence-electron chi connectivity index (χ1n) is 6.21. The Labute approximate surface area is 137 Å². The number of nitrogens with zero attached hydrogens (tertiary/aromatic N) is 2. The molecule has 3 rings (SSSR count). The highest BCUT2D eigenvalue weighted by atomic mass is 35.5. The van der Waals surface area contributed by atoms with Crippen molar-refractivity contribution in [3.05, 3.63) is 52.3 Å². The average molecular weight is 342 g/mol. The summed E-state index contributed by atoms with van der Waals surface area (Å²) in [5.74, 6) is 1.70. The second kappa shape index (κ2) is 5.76. The first kappa shape index (κ1) is 14.5. The van der Waals surface area contributed by atoms with Gasteiger partial charge in [0, 0.05) is 11.1 Å². The van der Waals surface area contributed by atoms with Gasteiger partial charge in [-0.1, -0.05) is 23.2 Å². The molecule has 0 aliphatic heterocycles. The summed E-state index contributed by atoms with van der Waals surface area (Å²) in [6.07, 6.45) is 0. The summed E-state index contributed by atoms with van der Waals surface area (Å²) in [4.78, 5) is 4.53. The lowest BCUT2D eigenvalue weighted by Gasteiger charge is -2.11. The third kappa shape index (κ3) is 2.57. The van der Waals surface area contributed by atoms with Gasteiger partial charge in [0.2, 0.25) is 0 Å². The minimum Gasteiger partial charge on any atom is -0.497 e. The third-order valence-corrected chi connectivity index (χ3v) is 3.99. The van der Waals surface area contributed by atoms with Crippen LogP contribution in [0.1, 0.15) is 5.82 Å². The molecule has 3 aromatic rings. The van der Waals surface area contributed by atoms with Crippen molar-refractivity contribution >= 4 is 45.8 Å². The summed E-state index contributed by atoms with van der Waals surface area (Å²) in [6, 6.07) is 10.9. The van der Waals surface area contributed by atoms with Crippen LogP contribution in [0.15, 0.2) is 36.4 Å². The highest BCUT2D eigenvalue weighted by Crippen LogP contribution is 2.31. The Bertz CT molecular complexity index is 814. The summed E-state index contributed by atoms with van der Waals surface area (Å²) >= 11 is 18.4. The fourth-order valence-corrected chi connectivity index (χ4v) is 2.80. The summed E-state index contributed by atoms with van der Waals surface area (Å²) in [6.45, 7) is 0. The molecule has 1 heterocycles. The number of aromatic nitrogens is 2. The van der Waals surface area contributed by atoms with Crippen molar-refractivity contribution in [3.63, 3.8) is 0 Å². The number of methoxy groups -OCH3 is 1. The van der Waals surface area contributed by atoms with E-state index in [1.54, 1.807) is 25.3 Å². The van der Waals surface area contributed by atoms with E-state index in [-0.39, 0.29) is 5.88 Å². The number of benzene rings is 2. The molecule has 108 valence electrons. The van der Waals surface area contributed by atoms with Gasteiger partial charge in [0.05, 0.1) is 34.7 Å². The number of fused-ring (bicyclic) bond motifs is 1. The maximum absolute atomic E-state index is 6.31. The van der Waals surface area contributed by atoms with Crippen molar-refractivity contribution in [3.8, 4) is 11.4 Å². The van der Waals surface area contributed by atoms with Crippen molar-refractivity contribution < 1.29 is 4.74 Å². The SMILES string of the molecule is COc1ccc2nc(CCl)n(-c3cc(Cl)ccc3Cl)c2c1. The van der Waals surface area contributed by atoms with Crippen LogP contribution < -0.4 is 4.74 Å². The molecule has 2 aromatic carbocycles. The van der Waals surface area contributed by atoms with E-state index in [2.05, 4.69) is 4.98 Å². The number of ether oxygens (including phenoxy) is 1. The molecule has 21 heavy (non-hydrogen) atoms. The van der Waals surface area contributed by atoms with Crippen LogP contribution in [0.3, 0.4) is 0 Å². The number of imidazole rings is 1. The van der Waals surface area contributed by atoms with Gasteiger partial charge in [0.15, 0.2) is 0 Å². The summed E-state index contributed by atoms with van der Waals surface area (Å²) in [7, 11) is 1.62. The lowest BCUT2D eigenvalue weighted by atomic mass is 10.2. The zero-order valence-electron chi connectivity index (χ0n) is 11.1. The second-order valence-electron chi connectivity index (χ2n) is 4.45. The molecule has 0 saturated carbocycles. The van der Waals surface area contributed by atoms with E-state index in [0.29, 0.717) is 15.9 Å². The molecule has 0 aliphatic rings. The standard InChI is InChI=1S/C15H11Cl3N2O/c1-21-10-3-5-12-14(7-10)20(15(8-16)19-12)13-6-9(17)2-4-11(13)18/h2-7H,8H2,1H3. The van der Waals surface area contributed by atoms with Crippen LogP contribution >= 0.6 is 34.8 Å². The molecule has 0 saturated heterocycles. The van der Waals surface area contributed by atoms with Crippen LogP contribution in [0, 0.1) is 0 Å². The number of rotatable bonds is 3.